The number of hydrogen-bond acceptors (Lipinski definition) is 1. The third kappa shape index (κ3) is 3.82. The van der Waals surface area contributed by atoms with Gasteiger partial charge in [-0.15, -0.1) is 0 Å². The minimum Gasteiger partial charge on any atom is -0.300 e. The number of rotatable bonds is 6. The van der Waals surface area contributed by atoms with Gasteiger partial charge in [-0.2, -0.15) is 0 Å². The molecule has 1 aromatic carbocycles. The van der Waals surface area contributed by atoms with Crippen LogP contribution in [0.1, 0.15) is 63.9 Å². The molecular weight excluding hydrogens is 230 g/mol. The van der Waals surface area contributed by atoms with Gasteiger partial charge in [0, 0.05) is 6.04 Å². The zero-order chi connectivity index (χ0) is 13.5. The number of piperidine rings is 1. The molecule has 0 aromatic heterocycles. The number of hydrogen-bond donors (Lipinski definition) is 0. The fraction of sp³-hybridized carbons (Fsp3) is 0.667. The lowest BCUT2D eigenvalue weighted by molar-refractivity contribution is 0.131. The molecule has 1 nitrogen and oxygen atoms in total. The maximum Gasteiger partial charge on any atom is 0.0164 e. The van der Waals surface area contributed by atoms with Crippen LogP contribution in [0, 0.1) is 0 Å². The number of benzene rings is 1. The molecular formula is C18H29N. The monoisotopic (exact) mass is 259 g/mol. The minimum atomic E-state index is 0.708. The summed E-state index contributed by atoms with van der Waals surface area (Å²) in [6.07, 6.45) is 8.11. The second kappa shape index (κ2) is 7.69. The van der Waals surface area contributed by atoms with E-state index in [2.05, 4.69) is 49.1 Å². The first-order valence-electron chi connectivity index (χ1n) is 8.15. The lowest BCUT2D eigenvalue weighted by Gasteiger charge is -2.39. The maximum absolute atomic E-state index is 2.77. The molecule has 2 atom stereocenters. The molecule has 1 heterocycles. The summed E-state index contributed by atoms with van der Waals surface area (Å²) in [5, 5.41) is 0. The van der Waals surface area contributed by atoms with Crippen molar-refractivity contribution in [3.8, 4) is 0 Å². The van der Waals surface area contributed by atoms with Gasteiger partial charge >= 0.3 is 0 Å². The van der Waals surface area contributed by atoms with Gasteiger partial charge in [-0.1, -0.05) is 57.0 Å². The number of nitrogens with zero attached hydrogens (tertiary/aromatic N) is 1. The molecule has 1 heteroatoms. The van der Waals surface area contributed by atoms with Crippen LogP contribution in [0.4, 0.5) is 0 Å². The Morgan fingerprint density at radius 1 is 1.00 bits per heavy atom. The lowest BCUT2D eigenvalue weighted by Crippen LogP contribution is -2.42. The molecule has 2 rings (SSSR count). The van der Waals surface area contributed by atoms with Crippen molar-refractivity contribution in [2.24, 2.45) is 0 Å². The molecule has 0 aliphatic carbocycles. The SMILES string of the molecule is CCCC(C(CC)c1ccccc1)N1CCCCC1. The Hall–Kier alpha value is -0.820. The summed E-state index contributed by atoms with van der Waals surface area (Å²) in [4.78, 5) is 2.77. The summed E-state index contributed by atoms with van der Waals surface area (Å²) in [5.74, 6) is 0.708. The first-order chi connectivity index (χ1) is 9.36. The Labute approximate surface area is 119 Å². The first kappa shape index (κ1) is 14.6. The fourth-order valence-electron chi connectivity index (χ4n) is 3.61. The molecule has 1 aliphatic rings. The molecule has 0 amide bonds. The van der Waals surface area contributed by atoms with Gasteiger partial charge in [-0.3, -0.25) is 4.90 Å². The van der Waals surface area contributed by atoms with Crippen LogP contribution in [0.3, 0.4) is 0 Å². The van der Waals surface area contributed by atoms with Gasteiger partial charge < -0.3 is 0 Å². The van der Waals surface area contributed by atoms with Gasteiger partial charge in [0.05, 0.1) is 0 Å². The average Bonchev–Trinajstić information content (AvgIpc) is 2.49. The molecule has 1 fully saturated rings. The van der Waals surface area contributed by atoms with Gasteiger partial charge in [-0.05, 0) is 50.3 Å². The Kier molecular flexibility index (Phi) is 5.91. The van der Waals surface area contributed by atoms with E-state index in [-0.39, 0.29) is 0 Å². The van der Waals surface area contributed by atoms with Crippen molar-refractivity contribution in [2.45, 2.75) is 64.3 Å². The summed E-state index contributed by atoms with van der Waals surface area (Å²) >= 11 is 0. The van der Waals surface area contributed by atoms with Crippen LogP contribution in [0.15, 0.2) is 30.3 Å². The van der Waals surface area contributed by atoms with E-state index in [9.17, 15) is 0 Å². The van der Waals surface area contributed by atoms with E-state index in [1.165, 1.54) is 57.2 Å². The summed E-state index contributed by atoms with van der Waals surface area (Å²) < 4.78 is 0. The quantitative estimate of drug-likeness (QED) is 0.707. The van der Waals surface area contributed by atoms with Gasteiger partial charge in [-0.25, -0.2) is 0 Å². The molecule has 0 saturated carbocycles. The van der Waals surface area contributed by atoms with Gasteiger partial charge in [0.15, 0.2) is 0 Å². The van der Waals surface area contributed by atoms with Crippen molar-refractivity contribution in [2.75, 3.05) is 13.1 Å². The Balaban J connectivity index is 2.15. The van der Waals surface area contributed by atoms with Crippen LogP contribution < -0.4 is 0 Å². The zero-order valence-corrected chi connectivity index (χ0v) is 12.6. The topological polar surface area (TPSA) is 3.24 Å². The van der Waals surface area contributed by atoms with Crippen molar-refractivity contribution >= 4 is 0 Å². The predicted molar refractivity (Wildman–Crippen MR) is 83.6 cm³/mol. The van der Waals surface area contributed by atoms with Crippen LogP contribution in [-0.2, 0) is 0 Å². The first-order valence-corrected chi connectivity index (χ1v) is 8.15. The molecule has 19 heavy (non-hydrogen) atoms. The highest BCUT2D eigenvalue weighted by Crippen LogP contribution is 2.31. The van der Waals surface area contributed by atoms with Crippen LogP contribution in [0.2, 0.25) is 0 Å². The molecule has 1 aromatic rings. The second-order valence-corrected chi connectivity index (χ2v) is 5.88. The summed E-state index contributed by atoms with van der Waals surface area (Å²) in [7, 11) is 0. The van der Waals surface area contributed by atoms with Crippen LogP contribution in [0.5, 0.6) is 0 Å². The molecule has 0 radical (unpaired) electrons. The molecule has 2 unspecified atom stereocenters. The van der Waals surface area contributed by atoms with Crippen molar-refractivity contribution in [3.63, 3.8) is 0 Å². The Bertz CT molecular complexity index is 340. The van der Waals surface area contributed by atoms with E-state index in [1.54, 1.807) is 0 Å². The summed E-state index contributed by atoms with van der Waals surface area (Å²) in [6.45, 7) is 7.31. The highest BCUT2D eigenvalue weighted by Gasteiger charge is 2.27. The van der Waals surface area contributed by atoms with E-state index in [4.69, 9.17) is 0 Å². The van der Waals surface area contributed by atoms with Gasteiger partial charge in [0.1, 0.15) is 0 Å². The minimum absolute atomic E-state index is 0.708. The highest BCUT2D eigenvalue weighted by atomic mass is 15.2. The van der Waals surface area contributed by atoms with E-state index in [1.807, 2.05) is 0 Å². The molecule has 1 saturated heterocycles. The maximum atomic E-state index is 2.77. The van der Waals surface area contributed by atoms with Crippen molar-refractivity contribution in [1.29, 1.82) is 0 Å². The summed E-state index contributed by atoms with van der Waals surface area (Å²) in [5.41, 5.74) is 1.54. The molecule has 1 aliphatic heterocycles. The highest BCUT2D eigenvalue weighted by molar-refractivity contribution is 5.21. The van der Waals surface area contributed by atoms with Crippen LogP contribution in [-0.4, -0.2) is 24.0 Å². The summed E-state index contributed by atoms with van der Waals surface area (Å²) in [6, 6.07) is 11.9. The normalized spacial score (nSPS) is 20.1. The van der Waals surface area contributed by atoms with E-state index in [0.717, 1.165) is 6.04 Å². The van der Waals surface area contributed by atoms with E-state index in [0.29, 0.717) is 5.92 Å². The molecule has 106 valence electrons. The van der Waals surface area contributed by atoms with Crippen LogP contribution >= 0.6 is 0 Å². The third-order valence-electron chi connectivity index (χ3n) is 4.58. The smallest absolute Gasteiger partial charge is 0.0164 e. The largest absolute Gasteiger partial charge is 0.300 e. The molecule has 0 spiro atoms. The van der Waals surface area contributed by atoms with Crippen molar-refractivity contribution < 1.29 is 0 Å². The third-order valence-corrected chi connectivity index (χ3v) is 4.58. The Morgan fingerprint density at radius 2 is 1.68 bits per heavy atom. The molecule has 0 N–H and O–H groups in total. The molecule has 0 bridgehead atoms. The standard InChI is InChI=1S/C18H29N/c1-3-11-18(19-14-9-6-10-15-19)17(4-2)16-12-7-5-8-13-16/h5,7-8,12-13,17-18H,3-4,6,9-11,14-15H2,1-2H3. The van der Waals surface area contributed by atoms with Gasteiger partial charge in [0.25, 0.3) is 0 Å². The number of likely N-dealkylation sites (tertiary alicyclic amines) is 1. The zero-order valence-electron chi connectivity index (χ0n) is 12.6. The Morgan fingerprint density at radius 3 is 2.26 bits per heavy atom. The van der Waals surface area contributed by atoms with Crippen molar-refractivity contribution in [3.05, 3.63) is 35.9 Å². The fourth-order valence-corrected chi connectivity index (χ4v) is 3.61. The van der Waals surface area contributed by atoms with Gasteiger partial charge in [0.2, 0.25) is 0 Å². The average molecular weight is 259 g/mol. The van der Waals surface area contributed by atoms with E-state index < -0.39 is 0 Å². The second-order valence-electron chi connectivity index (χ2n) is 5.88. The predicted octanol–water partition coefficient (Wildman–Crippen LogP) is 4.83. The lowest BCUT2D eigenvalue weighted by atomic mass is 9.85. The van der Waals surface area contributed by atoms with Crippen molar-refractivity contribution in [1.82, 2.24) is 4.90 Å². The van der Waals surface area contributed by atoms with Crippen LogP contribution in [0.25, 0.3) is 0 Å². The van der Waals surface area contributed by atoms with E-state index >= 15 is 0 Å².